The lowest BCUT2D eigenvalue weighted by Crippen LogP contribution is -2.84. The van der Waals surface area contributed by atoms with Gasteiger partial charge in [0.05, 0.1) is 5.02 Å². The molecule has 2 aromatic carbocycles. The zero-order valence-electron chi connectivity index (χ0n) is 16.9. The molecule has 0 aromatic heterocycles. The molecule has 164 valence electrons. The number of nitrogens with one attached hydrogen (secondary N) is 2. The minimum atomic E-state index is -1.06. The van der Waals surface area contributed by atoms with Gasteiger partial charge in [-0.05, 0) is 49.8 Å². The molecule has 3 N–H and O–H groups in total. The first-order valence-corrected chi connectivity index (χ1v) is 10.6. The number of carbonyl (C=O) groups excluding carboxylic acids is 2. The summed E-state index contributed by atoms with van der Waals surface area (Å²) >= 11 is 5.62. The van der Waals surface area contributed by atoms with Gasteiger partial charge in [0.2, 0.25) is 5.91 Å². The molecule has 6 nitrogen and oxygen atoms in total. The van der Waals surface area contributed by atoms with Gasteiger partial charge in [-0.1, -0.05) is 41.9 Å². The highest BCUT2D eigenvalue weighted by Gasteiger charge is 2.69. The molecule has 2 bridgehead atoms. The van der Waals surface area contributed by atoms with Gasteiger partial charge in [0.15, 0.2) is 6.61 Å². The number of benzene rings is 2. The molecule has 3 fully saturated rings. The minimum Gasteiger partial charge on any atom is -0.484 e. The van der Waals surface area contributed by atoms with E-state index in [0.29, 0.717) is 32.1 Å². The molecule has 0 saturated heterocycles. The zero-order valence-corrected chi connectivity index (χ0v) is 17.6. The van der Waals surface area contributed by atoms with Crippen molar-refractivity contribution in [2.24, 2.45) is 0 Å². The van der Waals surface area contributed by atoms with Crippen molar-refractivity contribution in [3.05, 3.63) is 64.9 Å². The topological polar surface area (TPSA) is 87.7 Å². The van der Waals surface area contributed by atoms with Gasteiger partial charge in [-0.25, -0.2) is 4.39 Å². The predicted octanol–water partition coefficient (Wildman–Crippen LogP) is 2.76. The molecule has 0 unspecified atom stereocenters. The van der Waals surface area contributed by atoms with Gasteiger partial charge in [-0.2, -0.15) is 0 Å². The van der Waals surface area contributed by atoms with Crippen molar-refractivity contribution in [2.75, 3.05) is 6.61 Å². The normalized spacial score (nSPS) is 24.4. The maximum Gasteiger partial charge on any atom is 0.258 e. The highest BCUT2D eigenvalue weighted by atomic mass is 35.5. The molecule has 5 rings (SSSR count). The average molecular weight is 447 g/mol. The van der Waals surface area contributed by atoms with Crippen molar-refractivity contribution in [3.63, 3.8) is 0 Å². The molecule has 0 radical (unpaired) electrons. The van der Waals surface area contributed by atoms with Crippen molar-refractivity contribution >= 4 is 23.4 Å². The average Bonchev–Trinajstić information content (AvgIpc) is 2.71. The first kappa shape index (κ1) is 21.6. The lowest BCUT2D eigenvalue weighted by molar-refractivity contribution is -0.154. The SMILES string of the molecule is O=C(COc1ccc(Cl)c(F)c1)NC12CC(NC(=O)[C@H](O)CCc3ccccc3)(C1)C2. The summed E-state index contributed by atoms with van der Waals surface area (Å²) in [5.41, 5.74) is 0.386. The van der Waals surface area contributed by atoms with Gasteiger partial charge in [-0.15, -0.1) is 0 Å². The van der Waals surface area contributed by atoms with Crippen LogP contribution in [0, 0.1) is 5.82 Å². The third kappa shape index (κ3) is 4.83. The number of amides is 2. The standard InChI is InChI=1S/C23H24ClFN2O4/c24-17-8-7-16(10-18(17)25)31-11-20(29)26-22-12-23(13-22,14-22)27-21(30)19(28)9-6-15-4-2-1-3-5-15/h1-5,7-8,10,19,28H,6,9,11-14H2,(H,26,29)(H,27,30)/t19-,22?,23?/m1/s1. The number of hydrogen-bond acceptors (Lipinski definition) is 4. The quantitative estimate of drug-likeness (QED) is 0.552. The Bertz CT molecular complexity index is 965. The van der Waals surface area contributed by atoms with E-state index in [0.717, 1.165) is 11.6 Å². The van der Waals surface area contributed by atoms with Crippen LogP contribution in [0.25, 0.3) is 0 Å². The second kappa shape index (κ2) is 8.48. The van der Waals surface area contributed by atoms with Crippen LogP contribution in [-0.4, -0.2) is 40.7 Å². The highest BCUT2D eigenvalue weighted by Crippen LogP contribution is 2.60. The summed E-state index contributed by atoms with van der Waals surface area (Å²) in [6, 6.07) is 13.7. The monoisotopic (exact) mass is 446 g/mol. The number of aryl methyl sites for hydroxylation is 1. The van der Waals surface area contributed by atoms with E-state index >= 15 is 0 Å². The number of carbonyl (C=O) groups is 2. The Morgan fingerprint density at radius 1 is 1.10 bits per heavy atom. The lowest BCUT2D eigenvalue weighted by atomic mass is 9.44. The molecule has 3 aliphatic carbocycles. The third-order valence-electron chi connectivity index (χ3n) is 5.94. The van der Waals surface area contributed by atoms with Crippen LogP contribution in [0.1, 0.15) is 31.2 Å². The molecule has 2 aromatic rings. The van der Waals surface area contributed by atoms with Crippen LogP contribution < -0.4 is 15.4 Å². The number of rotatable bonds is 9. The minimum absolute atomic E-state index is 0.0109. The number of ether oxygens (including phenoxy) is 1. The number of aliphatic hydroxyl groups is 1. The van der Waals surface area contributed by atoms with Crippen LogP contribution in [0.2, 0.25) is 5.02 Å². The Balaban J connectivity index is 1.17. The van der Waals surface area contributed by atoms with Crippen molar-refractivity contribution in [1.29, 1.82) is 0 Å². The lowest BCUT2D eigenvalue weighted by Gasteiger charge is -2.70. The van der Waals surface area contributed by atoms with E-state index in [2.05, 4.69) is 10.6 Å². The van der Waals surface area contributed by atoms with Crippen molar-refractivity contribution in [2.45, 2.75) is 49.3 Å². The van der Waals surface area contributed by atoms with Gasteiger partial charge in [0, 0.05) is 17.1 Å². The second-order valence-corrected chi connectivity index (χ2v) is 8.94. The Morgan fingerprint density at radius 2 is 1.77 bits per heavy atom. The van der Waals surface area contributed by atoms with E-state index in [1.54, 1.807) is 0 Å². The summed E-state index contributed by atoms with van der Waals surface area (Å²) in [5.74, 6) is -1.06. The fraction of sp³-hybridized carbons (Fsp3) is 0.391. The summed E-state index contributed by atoms with van der Waals surface area (Å²) < 4.78 is 18.7. The molecule has 3 aliphatic rings. The summed E-state index contributed by atoms with van der Waals surface area (Å²) in [5, 5.41) is 16.0. The predicted molar refractivity (Wildman–Crippen MR) is 113 cm³/mol. The fourth-order valence-electron chi connectivity index (χ4n) is 4.52. The summed E-state index contributed by atoms with van der Waals surface area (Å²) in [7, 11) is 0. The van der Waals surface area contributed by atoms with E-state index in [4.69, 9.17) is 16.3 Å². The molecule has 0 aliphatic heterocycles. The fourth-order valence-corrected chi connectivity index (χ4v) is 4.64. The first-order valence-electron chi connectivity index (χ1n) is 10.2. The van der Waals surface area contributed by atoms with Gasteiger partial charge in [0.25, 0.3) is 5.91 Å². The largest absolute Gasteiger partial charge is 0.484 e. The Labute approximate surface area is 184 Å². The number of halogens is 2. The Hall–Kier alpha value is -2.64. The van der Waals surface area contributed by atoms with Crippen LogP contribution in [0.4, 0.5) is 4.39 Å². The van der Waals surface area contributed by atoms with E-state index in [1.165, 1.54) is 12.1 Å². The van der Waals surface area contributed by atoms with Gasteiger partial charge in [0.1, 0.15) is 17.7 Å². The van der Waals surface area contributed by atoms with E-state index in [9.17, 15) is 19.1 Å². The smallest absolute Gasteiger partial charge is 0.258 e. The molecule has 2 amide bonds. The molecule has 1 atom stereocenters. The summed E-state index contributed by atoms with van der Waals surface area (Å²) in [6.45, 7) is -0.236. The van der Waals surface area contributed by atoms with Gasteiger partial charge >= 0.3 is 0 Å². The van der Waals surface area contributed by atoms with E-state index < -0.39 is 11.9 Å². The Kier molecular flexibility index (Phi) is 5.90. The molecule has 3 saturated carbocycles. The first-order chi connectivity index (χ1) is 14.8. The van der Waals surface area contributed by atoms with Gasteiger partial charge in [-0.3, -0.25) is 9.59 Å². The molecule has 8 heteroatoms. The van der Waals surface area contributed by atoms with Crippen LogP contribution in [0.3, 0.4) is 0 Å². The van der Waals surface area contributed by atoms with Crippen LogP contribution in [0.5, 0.6) is 5.75 Å². The van der Waals surface area contributed by atoms with Crippen molar-refractivity contribution < 1.29 is 23.8 Å². The maximum atomic E-state index is 13.4. The summed E-state index contributed by atoms with van der Waals surface area (Å²) in [4.78, 5) is 24.5. The van der Waals surface area contributed by atoms with Crippen LogP contribution in [0.15, 0.2) is 48.5 Å². The van der Waals surface area contributed by atoms with E-state index in [1.807, 2.05) is 30.3 Å². The third-order valence-corrected chi connectivity index (χ3v) is 6.24. The number of hydrogen-bond donors (Lipinski definition) is 3. The molecular weight excluding hydrogens is 423 g/mol. The van der Waals surface area contributed by atoms with Crippen LogP contribution in [-0.2, 0) is 16.0 Å². The van der Waals surface area contributed by atoms with Gasteiger partial charge < -0.3 is 20.5 Å². The summed E-state index contributed by atoms with van der Waals surface area (Å²) in [6.07, 6.45) is 1.79. The molecule has 31 heavy (non-hydrogen) atoms. The van der Waals surface area contributed by atoms with E-state index in [-0.39, 0.29) is 40.3 Å². The zero-order chi connectivity index (χ0) is 22.1. The van der Waals surface area contributed by atoms with Crippen molar-refractivity contribution in [1.82, 2.24) is 10.6 Å². The highest BCUT2D eigenvalue weighted by molar-refractivity contribution is 6.30. The van der Waals surface area contributed by atoms with Crippen LogP contribution >= 0.6 is 11.6 Å². The molecular formula is C23H24ClFN2O4. The maximum absolute atomic E-state index is 13.4. The Morgan fingerprint density at radius 3 is 2.45 bits per heavy atom. The molecule has 0 heterocycles. The molecule has 0 spiro atoms. The van der Waals surface area contributed by atoms with Crippen molar-refractivity contribution in [3.8, 4) is 5.75 Å². The number of aliphatic hydroxyl groups excluding tert-OH is 1. The second-order valence-electron chi connectivity index (χ2n) is 8.53.